The number of morpholine rings is 1. The van der Waals surface area contributed by atoms with E-state index >= 15 is 0 Å². The maximum absolute atomic E-state index is 13.0. The zero-order chi connectivity index (χ0) is 16.6. The number of sulfonamides is 1. The molecule has 0 atom stereocenters. The Morgan fingerprint density at radius 3 is 2.50 bits per heavy atom. The molecule has 3 aromatic rings. The standard InChI is InChI=1S/C17H17N3O3S/c21-24(22,20-9-11-23-12-10-20)16-8-4-1-5-13(16)17-18-14-6-2-3-7-15(14)19-17/h1-8H,9-12H2,(H,18,19). The summed E-state index contributed by atoms with van der Waals surface area (Å²) in [6, 6.07) is 14.6. The smallest absolute Gasteiger partial charge is 0.243 e. The van der Waals surface area contributed by atoms with Crippen LogP contribution in [0.3, 0.4) is 0 Å². The third kappa shape index (κ3) is 2.60. The van der Waals surface area contributed by atoms with Crippen molar-refractivity contribution in [1.82, 2.24) is 14.3 Å². The van der Waals surface area contributed by atoms with Crippen molar-refractivity contribution in [2.75, 3.05) is 26.3 Å². The van der Waals surface area contributed by atoms with Gasteiger partial charge in [0.05, 0.1) is 29.1 Å². The van der Waals surface area contributed by atoms with Crippen LogP contribution >= 0.6 is 0 Å². The lowest BCUT2D eigenvalue weighted by Crippen LogP contribution is -2.40. The van der Waals surface area contributed by atoms with E-state index in [1.165, 1.54) is 4.31 Å². The van der Waals surface area contributed by atoms with Gasteiger partial charge in [-0.05, 0) is 24.3 Å². The van der Waals surface area contributed by atoms with Crippen LogP contribution in [0.25, 0.3) is 22.4 Å². The second-order valence-electron chi connectivity index (χ2n) is 5.62. The summed E-state index contributed by atoms with van der Waals surface area (Å²) in [5.41, 5.74) is 2.28. The molecule has 4 rings (SSSR count). The van der Waals surface area contributed by atoms with E-state index in [0.717, 1.165) is 11.0 Å². The van der Waals surface area contributed by atoms with Crippen LogP contribution in [0.2, 0.25) is 0 Å². The van der Waals surface area contributed by atoms with Crippen LogP contribution in [-0.4, -0.2) is 49.0 Å². The number of fused-ring (bicyclic) bond motifs is 1. The summed E-state index contributed by atoms with van der Waals surface area (Å²) in [6.45, 7) is 1.59. The molecule has 1 aliphatic heterocycles. The van der Waals surface area contributed by atoms with Gasteiger partial charge in [-0.15, -0.1) is 0 Å². The molecule has 0 radical (unpaired) electrons. The van der Waals surface area contributed by atoms with Crippen molar-refractivity contribution in [2.24, 2.45) is 0 Å². The van der Waals surface area contributed by atoms with Crippen LogP contribution in [0.1, 0.15) is 0 Å². The zero-order valence-electron chi connectivity index (χ0n) is 13.0. The van der Waals surface area contributed by atoms with Gasteiger partial charge in [0.15, 0.2) is 0 Å². The lowest BCUT2D eigenvalue weighted by Gasteiger charge is -2.26. The fourth-order valence-corrected chi connectivity index (χ4v) is 4.49. The Kier molecular flexibility index (Phi) is 3.84. The molecule has 0 aliphatic carbocycles. The normalized spacial score (nSPS) is 16.5. The van der Waals surface area contributed by atoms with E-state index < -0.39 is 10.0 Å². The van der Waals surface area contributed by atoms with Crippen molar-refractivity contribution in [3.63, 3.8) is 0 Å². The number of benzene rings is 2. The Morgan fingerprint density at radius 2 is 1.71 bits per heavy atom. The Hall–Kier alpha value is -2.22. The van der Waals surface area contributed by atoms with E-state index in [1.807, 2.05) is 30.3 Å². The van der Waals surface area contributed by atoms with Crippen molar-refractivity contribution in [1.29, 1.82) is 0 Å². The molecule has 2 aromatic carbocycles. The lowest BCUT2D eigenvalue weighted by atomic mass is 10.2. The molecule has 1 saturated heterocycles. The molecule has 1 fully saturated rings. The minimum Gasteiger partial charge on any atom is -0.379 e. The van der Waals surface area contributed by atoms with Crippen LogP contribution in [0.15, 0.2) is 53.4 Å². The Labute approximate surface area is 140 Å². The number of rotatable bonds is 3. The number of nitrogens with one attached hydrogen (secondary N) is 1. The second kappa shape index (κ2) is 6.01. The number of hydrogen-bond acceptors (Lipinski definition) is 4. The average Bonchev–Trinajstić information content (AvgIpc) is 3.06. The molecule has 6 nitrogen and oxygen atoms in total. The van der Waals surface area contributed by atoms with Gasteiger partial charge in [0.2, 0.25) is 10.0 Å². The van der Waals surface area contributed by atoms with E-state index in [9.17, 15) is 8.42 Å². The van der Waals surface area contributed by atoms with Gasteiger partial charge in [0.25, 0.3) is 0 Å². The molecule has 0 spiro atoms. The van der Waals surface area contributed by atoms with E-state index in [4.69, 9.17) is 4.74 Å². The molecular weight excluding hydrogens is 326 g/mol. The summed E-state index contributed by atoms with van der Waals surface area (Å²) in [5, 5.41) is 0. The first-order valence-electron chi connectivity index (χ1n) is 7.78. The average molecular weight is 343 g/mol. The van der Waals surface area contributed by atoms with Gasteiger partial charge >= 0.3 is 0 Å². The summed E-state index contributed by atoms with van der Waals surface area (Å²) in [5.74, 6) is 0.559. The van der Waals surface area contributed by atoms with Crippen molar-refractivity contribution in [3.8, 4) is 11.4 Å². The van der Waals surface area contributed by atoms with E-state index in [-0.39, 0.29) is 4.90 Å². The summed E-state index contributed by atoms with van der Waals surface area (Å²) in [4.78, 5) is 8.02. The number of imidazole rings is 1. The first-order valence-corrected chi connectivity index (χ1v) is 9.22. The van der Waals surface area contributed by atoms with Gasteiger partial charge in [-0.1, -0.05) is 24.3 Å². The minimum atomic E-state index is -3.58. The third-order valence-corrected chi connectivity index (χ3v) is 6.08. The number of para-hydroxylation sites is 2. The molecule has 124 valence electrons. The van der Waals surface area contributed by atoms with Crippen molar-refractivity contribution >= 4 is 21.1 Å². The van der Waals surface area contributed by atoms with Crippen LogP contribution in [0, 0.1) is 0 Å². The molecule has 7 heteroatoms. The van der Waals surface area contributed by atoms with Gasteiger partial charge < -0.3 is 9.72 Å². The largest absolute Gasteiger partial charge is 0.379 e. The fraction of sp³-hybridized carbons (Fsp3) is 0.235. The summed E-state index contributed by atoms with van der Waals surface area (Å²) < 4.78 is 32.8. The quantitative estimate of drug-likeness (QED) is 0.791. The predicted octanol–water partition coefficient (Wildman–Crippen LogP) is 2.25. The Morgan fingerprint density at radius 1 is 1.00 bits per heavy atom. The predicted molar refractivity (Wildman–Crippen MR) is 91.1 cm³/mol. The van der Waals surface area contributed by atoms with Gasteiger partial charge in [-0.2, -0.15) is 4.31 Å². The van der Waals surface area contributed by atoms with Crippen molar-refractivity contribution in [3.05, 3.63) is 48.5 Å². The van der Waals surface area contributed by atoms with Gasteiger partial charge in [-0.25, -0.2) is 13.4 Å². The highest BCUT2D eigenvalue weighted by molar-refractivity contribution is 7.89. The van der Waals surface area contributed by atoms with Crippen LogP contribution in [-0.2, 0) is 14.8 Å². The van der Waals surface area contributed by atoms with E-state index in [2.05, 4.69) is 9.97 Å². The molecule has 0 bridgehead atoms. The van der Waals surface area contributed by atoms with Crippen molar-refractivity contribution < 1.29 is 13.2 Å². The zero-order valence-corrected chi connectivity index (χ0v) is 13.8. The molecule has 0 unspecified atom stereocenters. The first kappa shape index (κ1) is 15.3. The van der Waals surface area contributed by atoms with Crippen LogP contribution in [0.5, 0.6) is 0 Å². The highest BCUT2D eigenvalue weighted by atomic mass is 32.2. The van der Waals surface area contributed by atoms with Crippen LogP contribution < -0.4 is 0 Å². The maximum atomic E-state index is 13.0. The van der Waals surface area contributed by atoms with E-state index in [0.29, 0.717) is 37.7 Å². The van der Waals surface area contributed by atoms with Crippen molar-refractivity contribution in [2.45, 2.75) is 4.90 Å². The second-order valence-corrected chi connectivity index (χ2v) is 7.52. The molecule has 1 aliphatic rings. The van der Waals surface area contributed by atoms with Gasteiger partial charge in [0.1, 0.15) is 5.82 Å². The molecule has 24 heavy (non-hydrogen) atoms. The fourth-order valence-electron chi connectivity index (χ4n) is 2.89. The molecule has 0 saturated carbocycles. The molecule has 0 amide bonds. The highest BCUT2D eigenvalue weighted by Gasteiger charge is 2.29. The number of ether oxygens (including phenoxy) is 1. The molecule has 1 aromatic heterocycles. The summed E-state index contributed by atoms with van der Waals surface area (Å²) >= 11 is 0. The lowest BCUT2D eigenvalue weighted by molar-refractivity contribution is 0.0730. The SMILES string of the molecule is O=S(=O)(c1ccccc1-c1nc2ccccc2[nH]1)N1CCOCC1. The van der Waals surface area contributed by atoms with Crippen LogP contribution in [0.4, 0.5) is 0 Å². The maximum Gasteiger partial charge on any atom is 0.243 e. The Bertz CT molecular complexity index is 942. The number of H-pyrrole nitrogens is 1. The van der Waals surface area contributed by atoms with Gasteiger partial charge in [-0.3, -0.25) is 0 Å². The number of hydrogen-bond donors (Lipinski definition) is 1. The Balaban J connectivity index is 1.83. The van der Waals surface area contributed by atoms with Gasteiger partial charge in [0, 0.05) is 18.7 Å². The van der Waals surface area contributed by atoms with E-state index in [1.54, 1.807) is 18.2 Å². The monoisotopic (exact) mass is 343 g/mol. The number of aromatic amines is 1. The summed E-state index contributed by atoms with van der Waals surface area (Å²) in [6.07, 6.45) is 0. The third-order valence-electron chi connectivity index (χ3n) is 4.12. The number of nitrogens with zero attached hydrogens (tertiary/aromatic N) is 2. The number of aromatic nitrogens is 2. The topological polar surface area (TPSA) is 75.3 Å². The molecule has 2 heterocycles. The molecular formula is C17H17N3O3S. The first-order chi connectivity index (χ1) is 11.7. The molecule has 1 N–H and O–H groups in total. The highest BCUT2D eigenvalue weighted by Crippen LogP contribution is 2.29. The minimum absolute atomic E-state index is 0.269. The summed E-state index contributed by atoms with van der Waals surface area (Å²) in [7, 11) is -3.58.